The Kier molecular flexibility index (Phi) is 6.05. The number of carbonyl (C=O) groups excluding carboxylic acids is 1. The van der Waals surface area contributed by atoms with Gasteiger partial charge in [-0.1, -0.05) is 0 Å². The molecule has 2 aliphatic heterocycles. The van der Waals surface area contributed by atoms with Gasteiger partial charge in [-0.05, 0) is 0 Å². The number of hydrogen-bond acceptors (Lipinski definition) is 11. The predicted octanol–water partition coefficient (Wildman–Crippen LogP) is -3.53. The summed E-state index contributed by atoms with van der Waals surface area (Å²) in [7, 11) is -4.80. The summed E-state index contributed by atoms with van der Waals surface area (Å²) in [6, 6.07) is -1.20. The Morgan fingerprint density at radius 1 is 1.48 bits per heavy atom. The minimum atomic E-state index is -4.80. The van der Waals surface area contributed by atoms with Crippen LogP contribution in [0.1, 0.15) is 11.9 Å². The Morgan fingerprint density at radius 3 is 2.79 bits per heavy atom. The highest BCUT2D eigenvalue weighted by Gasteiger charge is 2.46. The molecule has 1 aromatic heterocycles. The second-order valence-corrected chi connectivity index (χ2v) is 7.66. The van der Waals surface area contributed by atoms with Crippen LogP contribution in [0.2, 0.25) is 0 Å². The first kappa shape index (κ1) is 21.8. The number of nitrogens with one attached hydrogen (secondary N) is 2. The lowest BCUT2D eigenvalue weighted by Crippen LogP contribution is -2.52. The molecule has 16 heteroatoms. The topological polar surface area (TPSA) is 237 Å². The summed E-state index contributed by atoms with van der Waals surface area (Å²) in [4.78, 5) is 34.7. The Morgan fingerprint density at radius 2 is 2.17 bits per heavy atom. The summed E-state index contributed by atoms with van der Waals surface area (Å²) in [5.74, 6) is -0.766. The van der Waals surface area contributed by atoms with Gasteiger partial charge in [-0.25, -0.2) is 9.55 Å². The Hall–Kier alpha value is -1.94. The van der Waals surface area contributed by atoms with E-state index in [-0.39, 0.29) is 24.0 Å². The molecule has 162 valence electrons. The number of aliphatic hydroxyl groups excluding tert-OH is 3. The highest BCUT2D eigenvalue weighted by atomic mass is 31.2. The van der Waals surface area contributed by atoms with E-state index in [9.17, 15) is 19.6 Å². The summed E-state index contributed by atoms with van der Waals surface area (Å²) in [6.45, 7) is -1.43. The van der Waals surface area contributed by atoms with E-state index >= 15 is 0 Å². The van der Waals surface area contributed by atoms with Crippen molar-refractivity contribution in [2.75, 3.05) is 25.2 Å². The van der Waals surface area contributed by atoms with Crippen molar-refractivity contribution in [3.05, 3.63) is 12.0 Å². The summed E-state index contributed by atoms with van der Waals surface area (Å²) in [6.07, 6.45) is -4.22. The largest absolute Gasteiger partial charge is 0.469 e. The van der Waals surface area contributed by atoms with Crippen LogP contribution in [0.3, 0.4) is 0 Å². The second kappa shape index (κ2) is 8.06. The summed E-state index contributed by atoms with van der Waals surface area (Å²) in [5.41, 5.74) is 5.54. The van der Waals surface area contributed by atoms with Crippen molar-refractivity contribution in [3.63, 3.8) is 0 Å². The maximum absolute atomic E-state index is 12.2. The number of imidazole rings is 1. The van der Waals surface area contributed by atoms with Crippen LogP contribution < -0.4 is 11.1 Å². The SMILES string of the molecule is N=C1c2ncn([C@@H]3O[C@H](COP(=O)(O)O)[C@@H](O)[C@H]3O)c2NCN1C(=O)[C@@H](N)CO. The van der Waals surface area contributed by atoms with Crippen molar-refractivity contribution in [2.45, 2.75) is 30.6 Å². The van der Waals surface area contributed by atoms with Gasteiger partial charge in [-0.3, -0.25) is 24.2 Å². The van der Waals surface area contributed by atoms with Gasteiger partial charge < -0.3 is 40.9 Å². The number of amidine groups is 1. The third-order valence-electron chi connectivity index (χ3n) is 4.49. The van der Waals surface area contributed by atoms with Gasteiger partial charge in [0, 0.05) is 0 Å². The second-order valence-electron chi connectivity index (χ2n) is 6.42. The third-order valence-corrected chi connectivity index (χ3v) is 4.98. The van der Waals surface area contributed by atoms with Gasteiger partial charge in [0.25, 0.3) is 0 Å². The average Bonchev–Trinajstić information content (AvgIpc) is 3.21. The van der Waals surface area contributed by atoms with E-state index in [2.05, 4.69) is 14.8 Å². The maximum atomic E-state index is 12.2. The first-order chi connectivity index (χ1) is 13.5. The molecule has 0 radical (unpaired) electrons. The van der Waals surface area contributed by atoms with E-state index in [1.165, 1.54) is 10.9 Å². The molecule has 3 rings (SSSR count). The molecular weight excluding hydrogens is 415 g/mol. The zero-order valence-corrected chi connectivity index (χ0v) is 15.7. The molecule has 0 aliphatic carbocycles. The molecule has 0 unspecified atom stereocenters. The van der Waals surface area contributed by atoms with Crippen molar-refractivity contribution in [1.82, 2.24) is 14.5 Å². The number of nitrogens with two attached hydrogens (primary N) is 1. The standard InChI is InChI=1S/C13H21N6O9P/c14-5(1-20)12(23)18-4-17-11-7(10(18)15)16-3-19(11)13-9(22)8(21)6(28-13)2-27-29(24,25)26/h3,5-6,8-9,13,15,17,20-22H,1-2,4,14H2,(H2,24,25,26)/t5-,6+,8+,9+,13+/m0/s1. The summed E-state index contributed by atoms with van der Waals surface area (Å²) in [5, 5.41) is 40.4. The third kappa shape index (κ3) is 4.18. The van der Waals surface area contributed by atoms with Gasteiger partial charge in [-0.15, -0.1) is 0 Å². The lowest BCUT2D eigenvalue weighted by Gasteiger charge is -2.31. The molecule has 0 bridgehead atoms. The van der Waals surface area contributed by atoms with Crippen LogP contribution in [-0.4, -0.2) is 95.5 Å². The van der Waals surface area contributed by atoms with E-state index < -0.39 is 57.5 Å². The first-order valence-corrected chi connectivity index (χ1v) is 9.87. The van der Waals surface area contributed by atoms with Crippen molar-refractivity contribution >= 4 is 25.4 Å². The number of rotatable bonds is 6. The molecule has 1 saturated heterocycles. The summed E-state index contributed by atoms with van der Waals surface area (Å²) >= 11 is 0. The molecule has 1 fully saturated rings. The zero-order chi connectivity index (χ0) is 21.5. The van der Waals surface area contributed by atoms with Crippen LogP contribution >= 0.6 is 7.82 Å². The van der Waals surface area contributed by atoms with E-state index in [0.717, 1.165) is 4.90 Å². The Bertz CT molecular complexity index is 843. The first-order valence-electron chi connectivity index (χ1n) is 8.34. The number of hydrogen-bond donors (Lipinski definition) is 8. The molecule has 1 aromatic rings. The predicted molar refractivity (Wildman–Crippen MR) is 93.4 cm³/mol. The monoisotopic (exact) mass is 436 g/mol. The van der Waals surface area contributed by atoms with Crippen LogP contribution in [-0.2, 0) is 18.6 Å². The fraction of sp³-hybridized carbons (Fsp3) is 0.615. The van der Waals surface area contributed by atoms with Crippen molar-refractivity contribution in [1.29, 1.82) is 5.41 Å². The quantitative estimate of drug-likeness (QED) is 0.202. The van der Waals surface area contributed by atoms with Gasteiger partial charge in [0.1, 0.15) is 35.9 Å². The van der Waals surface area contributed by atoms with Crippen LogP contribution in [0.5, 0.6) is 0 Å². The van der Waals surface area contributed by atoms with Gasteiger partial charge in [0.15, 0.2) is 12.1 Å². The molecule has 5 atom stereocenters. The maximum Gasteiger partial charge on any atom is 0.469 e. The Balaban J connectivity index is 1.78. The van der Waals surface area contributed by atoms with Crippen LogP contribution in [0.25, 0.3) is 0 Å². The van der Waals surface area contributed by atoms with Crippen LogP contribution in [0.15, 0.2) is 6.33 Å². The fourth-order valence-corrected chi connectivity index (χ4v) is 3.34. The number of ether oxygens (including phenoxy) is 1. The molecule has 3 heterocycles. The summed E-state index contributed by atoms with van der Waals surface area (Å²) < 4.78 is 21.9. The lowest BCUT2D eigenvalue weighted by molar-refractivity contribution is -0.129. The normalized spacial score (nSPS) is 28.2. The zero-order valence-electron chi connectivity index (χ0n) is 14.8. The minimum Gasteiger partial charge on any atom is -0.394 e. The number of carbonyl (C=O) groups is 1. The highest BCUT2D eigenvalue weighted by Crippen LogP contribution is 2.39. The molecule has 2 aliphatic rings. The van der Waals surface area contributed by atoms with E-state index in [1.54, 1.807) is 0 Å². The van der Waals surface area contributed by atoms with Crippen molar-refractivity contribution < 1.29 is 43.7 Å². The van der Waals surface area contributed by atoms with Gasteiger partial charge >= 0.3 is 7.82 Å². The van der Waals surface area contributed by atoms with Crippen molar-refractivity contribution in [2.24, 2.45) is 5.73 Å². The molecule has 29 heavy (non-hydrogen) atoms. The van der Waals surface area contributed by atoms with E-state index in [0.29, 0.717) is 0 Å². The Labute approximate surface area is 163 Å². The number of nitrogens with zero attached hydrogens (tertiary/aromatic N) is 3. The molecule has 0 saturated carbocycles. The lowest BCUT2D eigenvalue weighted by atomic mass is 10.1. The fourth-order valence-electron chi connectivity index (χ4n) is 3.00. The number of aromatic nitrogens is 2. The van der Waals surface area contributed by atoms with Gasteiger partial charge in [0.05, 0.1) is 26.2 Å². The molecular formula is C13H21N6O9P. The van der Waals surface area contributed by atoms with E-state index in [1.807, 2.05) is 0 Å². The van der Waals surface area contributed by atoms with Crippen LogP contribution in [0, 0.1) is 5.41 Å². The van der Waals surface area contributed by atoms with E-state index in [4.69, 9.17) is 30.8 Å². The highest BCUT2D eigenvalue weighted by molar-refractivity contribution is 7.46. The van der Waals surface area contributed by atoms with Crippen molar-refractivity contribution in [3.8, 4) is 0 Å². The molecule has 0 aromatic carbocycles. The van der Waals surface area contributed by atoms with Crippen LogP contribution in [0.4, 0.5) is 5.82 Å². The number of amides is 1. The van der Waals surface area contributed by atoms with Gasteiger partial charge in [0.2, 0.25) is 5.91 Å². The number of phosphoric ester groups is 1. The number of anilines is 1. The molecule has 1 amide bonds. The van der Waals surface area contributed by atoms with Gasteiger partial charge in [-0.2, -0.15) is 0 Å². The molecule has 0 spiro atoms. The molecule has 15 nitrogen and oxygen atoms in total. The number of phosphoric acid groups is 1. The molecule has 9 N–H and O–H groups in total. The number of aliphatic hydroxyl groups is 3. The average molecular weight is 436 g/mol. The smallest absolute Gasteiger partial charge is 0.394 e. The minimum absolute atomic E-state index is 0.0370. The number of fused-ring (bicyclic) bond motifs is 1.